The first kappa shape index (κ1) is 14.0. The lowest BCUT2D eigenvalue weighted by Crippen LogP contribution is -2.10. The zero-order chi connectivity index (χ0) is 14.8. The third kappa shape index (κ3) is 3.04. The highest BCUT2D eigenvalue weighted by atomic mass is 16.1. The normalized spacial score (nSPS) is 15.5. The van der Waals surface area contributed by atoms with E-state index in [0.29, 0.717) is 18.0 Å². The van der Waals surface area contributed by atoms with E-state index in [1.54, 1.807) is 0 Å². The van der Waals surface area contributed by atoms with E-state index in [0.717, 1.165) is 17.1 Å². The minimum absolute atomic E-state index is 0.0941. The largest absolute Gasteiger partial charge is 0.294 e. The van der Waals surface area contributed by atoms with Crippen LogP contribution in [0.3, 0.4) is 0 Å². The van der Waals surface area contributed by atoms with Crippen LogP contribution in [0.1, 0.15) is 59.2 Å². The minimum atomic E-state index is 0.0941. The van der Waals surface area contributed by atoms with Crippen molar-refractivity contribution >= 4 is 5.78 Å². The molecule has 0 bridgehead atoms. The van der Waals surface area contributed by atoms with Crippen LogP contribution in [-0.2, 0) is 6.42 Å². The quantitative estimate of drug-likeness (QED) is 0.808. The molecule has 4 nitrogen and oxygen atoms in total. The van der Waals surface area contributed by atoms with Crippen molar-refractivity contribution in [3.8, 4) is 0 Å². The molecule has 1 saturated carbocycles. The van der Waals surface area contributed by atoms with E-state index in [4.69, 9.17) is 0 Å². The fourth-order valence-corrected chi connectivity index (χ4v) is 3.08. The highest BCUT2D eigenvalue weighted by Crippen LogP contribution is 2.28. The molecule has 0 aliphatic heterocycles. The highest BCUT2D eigenvalue weighted by molar-refractivity contribution is 5.98. The van der Waals surface area contributed by atoms with Crippen molar-refractivity contribution in [3.05, 3.63) is 47.0 Å². The number of pyridine rings is 1. The first-order chi connectivity index (χ1) is 10.1. The van der Waals surface area contributed by atoms with Gasteiger partial charge in [0.1, 0.15) is 0 Å². The van der Waals surface area contributed by atoms with Crippen LogP contribution in [0.2, 0.25) is 0 Å². The molecule has 110 valence electrons. The number of aryl methyl sites for hydroxylation is 2. The minimum Gasteiger partial charge on any atom is -0.294 e. The van der Waals surface area contributed by atoms with E-state index >= 15 is 0 Å². The van der Waals surface area contributed by atoms with E-state index in [2.05, 4.69) is 10.1 Å². The molecule has 2 aromatic rings. The Morgan fingerprint density at radius 2 is 2.00 bits per heavy atom. The molecule has 1 aliphatic carbocycles. The summed E-state index contributed by atoms with van der Waals surface area (Å²) in [6, 6.07) is 6.25. The van der Waals surface area contributed by atoms with Crippen molar-refractivity contribution in [2.75, 3.05) is 0 Å². The van der Waals surface area contributed by atoms with E-state index in [9.17, 15) is 4.79 Å². The van der Waals surface area contributed by atoms with Gasteiger partial charge >= 0.3 is 0 Å². The molecule has 0 radical (unpaired) electrons. The number of hydrogen-bond donors (Lipinski definition) is 0. The number of hydrogen-bond acceptors (Lipinski definition) is 3. The third-order valence-corrected chi connectivity index (χ3v) is 4.23. The van der Waals surface area contributed by atoms with Gasteiger partial charge in [0.2, 0.25) is 0 Å². The molecular formula is C17H21N3O. The number of carbonyl (C=O) groups excluding carboxylic acids is 1. The third-order valence-electron chi connectivity index (χ3n) is 4.23. The summed E-state index contributed by atoms with van der Waals surface area (Å²) in [4.78, 5) is 16.7. The van der Waals surface area contributed by atoms with Gasteiger partial charge in [0.25, 0.3) is 0 Å². The van der Waals surface area contributed by atoms with Crippen LogP contribution in [0.4, 0.5) is 0 Å². The average Bonchev–Trinajstić information content (AvgIpc) is 3.08. The molecule has 3 rings (SSSR count). The summed E-state index contributed by atoms with van der Waals surface area (Å²) in [6.45, 7) is 3.82. The van der Waals surface area contributed by atoms with Gasteiger partial charge in [0.15, 0.2) is 5.78 Å². The Morgan fingerprint density at radius 1 is 1.24 bits per heavy atom. The van der Waals surface area contributed by atoms with Crippen molar-refractivity contribution in [1.82, 2.24) is 14.8 Å². The Labute approximate surface area is 125 Å². The van der Waals surface area contributed by atoms with Crippen LogP contribution in [0.15, 0.2) is 24.4 Å². The monoisotopic (exact) mass is 283 g/mol. The number of aromatic nitrogens is 3. The number of rotatable bonds is 4. The second-order valence-corrected chi connectivity index (χ2v) is 5.91. The molecule has 0 saturated heterocycles. The van der Waals surface area contributed by atoms with Gasteiger partial charge < -0.3 is 0 Å². The van der Waals surface area contributed by atoms with E-state index in [1.165, 1.54) is 25.7 Å². The summed E-state index contributed by atoms with van der Waals surface area (Å²) < 4.78 is 2.04. The lowest BCUT2D eigenvalue weighted by Gasteiger charge is -2.09. The molecular weight excluding hydrogens is 262 g/mol. The van der Waals surface area contributed by atoms with Gasteiger partial charge in [0.05, 0.1) is 18.2 Å². The molecule has 2 aromatic heterocycles. The van der Waals surface area contributed by atoms with Crippen LogP contribution in [0.5, 0.6) is 0 Å². The fourth-order valence-electron chi connectivity index (χ4n) is 3.08. The molecule has 2 heterocycles. The van der Waals surface area contributed by atoms with Crippen molar-refractivity contribution in [3.63, 3.8) is 0 Å². The molecule has 0 aromatic carbocycles. The van der Waals surface area contributed by atoms with Crippen molar-refractivity contribution < 1.29 is 4.79 Å². The maximum Gasteiger partial charge on any atom is 0.170 e. The maximum atomic E-state index is 12.4. The van der Waals surface area contributed by atoms with Gasteiger partial charge in [-0.3, -0.25) is 14.5 Å². The number of carbonyl (C=O) groups is 1. The SMILES string of the molecule is Cc1ccc(C(=O)Cc2ccn(C3CCCC3)n2)c(C)n1. The van der Waals surface area contributed by atoms with Crippen LogP contribution in [0.25, 0.3) is 0 Å². The van der Waals surface area contributed by atoms with Crippen LogP contribution >= 0.6 is 0 Å². The van der Waals surface area contributed by atoms with Gasteiger partial charge in [0, 0.05) is 23.1 Å². The molecule has 0 atom stereocenters. The van der Waals surface area contributed by atoms with Crippen molar-refractivity contribution in [1.29, 1.82) is 0 Å². The van der Waals surface area contributed by atoms with E-state index in [1.807, 2.05) is 42.9 Å². The summed E-state index contributed by atoms with van der Waals surface area (Å²) in [7, 11) is 0. The Morgan fingerprint density at radius 3 is 2.71 bits per heavy atom. The van der Waals surface area contributed by atoms with Crippen molar-refractivity contribution in [2.45, 2.75) is 52.0 Å². The number of nitrogens with zero attached hydrogens (tertiary/aromatic N) is 3. The van der Waals surface area contributed by atoms with Crippen LogP contribution in [-0.4, -0.2) is 20.5 Å². The van der Waals surface area contributed by atoms with Gasteiger partial charge in [-0.15, -0.1) is 0 Å². The first-order valence-electron chi connectivity index (χ1n) is 7.65. The second-order valence-electron chi connectivity index (χ2n) is 5.91. The summed E-state index contributed by atoms with van der Waals surface area (Å²) >= 11 is 0. The number of ketones is 1. The molecule has 0 spiro atoms. The fraction of sp³-hybridized carbons (Fsp3) is 0.471. The van der Waals surface area contributed by atoms with Crippen LogP contribution in [0, 0.1) is 13.8 Å². The summed E-state index contributed by atoms with van der Waals surface area (Å²) in [6.07, 6.45) is 7.34. The molecule has 0 N–H and O–H groups in total. The molecule has 0 unspecified atom stereocenters. The molecule has 4 heteroatoms. The second kappa shape index (κ2) is 5.80. The lowest BCUT2D eigenvalue weighted by atomic mass is 10.1. The van der Waals surface area contributed by atoms with E-state index < -0.39 is 0 Å². The molecule has 21 heavy (non-hydrogen) atoms. The van der Waals surface area contributed by atoms with Gasteiger partial charge in [-0.05, 0) is 44.9 Å². The topological polar surface area (TPSA) is 47.8 Å². The highest BCUT2D eigenvalue weighted by Gasteiger charge is 2.18. The Kier molecular flexibility index (Phi) is 3.86. The van der Waals surface area contributed by atoms with Crippen LogP contribution < -0.4 is 0 Å². The Balaban J connectivity index is 1.72. The average molecular weight is 283 g/mol. The predicted octanol–water partition coefficient (Wildman–Crippen LogP) is 3.44. The van der Waals surface area contributed by atoms with E-state index in [-0.39, 0.29) is 5.78 Å². The molecule has 1 aliphatic rings. The summed E-state index contributed by atoms with van der Waals surface area (Å²) in [5.74, 6) is 0.0941. The maximum absolute atomic E-state index is 12.4. The Hall–Kier alpha value is -1.97. The predicted molar refractivity (Wildman–Crippen MR) is 81.5 cm³/mol. The standard InChI is InChI=1S/C17H21N3O/c1-12-7-8-16(13(2)18-12)17(21)11-14-9-10-20(19-14)15-5-3-4-6-15/h7-10,15H,3-6,11H2,1-2H3. The van der Waals surface area contributed by atoms with Gasteiger partial charge in [-0.2, -0.15) is 5.10 Å². The Bertz CT molecular complexity index is 654. The zero-order valence-electron chi connectivity index (χ0n) is 12.7. The van der Waals surface area contributed by atoms with Gasteiger partial charge in [-0.25, -0.2) is 0 Å². The van der Waals surface area contributed by atoms with Gasteiger partial charge in [-0.1, -0.05) is 12.8 Å². The molecule has 0 amide bonds. The lowest BCUT2D eigenvalue weighted by molar-refractivity contribution is 0.0990. The smallest absolute Gasteiger partial charge is 0.170 e. The number of Topliss-reactive ketones (excluding diaryl/α,β-unsaturated/α-hetero) is 1. The van der Waals surface area contributed by atoms with Crippen molar-refractivity contribution in [2.24, 2.45) is 0 Å². The summed E-state index contributed by atoms with van der Waals surface area (Å²) in [5.41, 5.74) is 3.30. The summed E-state index contributed by atoms with van der Waals surface area (Å²) in [5, 5.41) is 4.58. The zero-order valence-corrected chi connectivity index (χ0v) is 12.7. The molecule has 1 fully saturated rings. The first-order valence-corrected chi connectivity index (χ1v) is 7.65.